The van der Waals surface area contributed by atoms with Gasteiger partial charge in [0.05, 0.1) is 27.7 Å². The number of quaternary nitrogens is 1. The molecule has 0 amide bonds. The molecule has 0 aliphatic carbocycles. The number of rotatable bonds is 42. The van der Waals surface area contributed by atoms with Gasteiger partial charge in [0.1, 0.15) is 19.8 Å². The molecule has 0 aliphatic heterocycles. The lowest BCUT2D eigenvalue weighted by molar-refractivity contribution is -0.870. The molecule has 0 bridgehead atoms. The lowest BCUT2D eigenvalue weighted by Gasteiger charge is -2.24. The second kappa shape index (κ2) is 41.1. The number of likely N-dealkylation sites (N-methyl/N-ethyl adjacent to an activating group) is 1. The number of ether oxygens (including phenoxy) is 2. The summed E-state index contributed by atoms with van der Waals surface area (Å²) in [5.74, 6) is -0.807. The Labute approximate surface area is 362 Å². The van der Waals surface area contributed by atoms with E-state index in [0.29, 0.717) is 17.4 Å². The van der Waals surface area contributed by atoms with Crippen molar-refractivity contribution in [3.8, 4) is 0 Å². The molecule has 0 aromatic rings. The highest BCUT2D eigenvalue weighted by molar-refractivity contribution is 7.47. The molecule has 2 unspecified atom stereocenters. The van der Waals surface area contributed by atoms with Crippen LogP contribution < -0.4 is 0 Å². The number of hydrogen-bond donors (Lipinski definition) is 1. The van der Waals surface area contributed by atoms with Gasteiger partial charge in [-0.15, -0.1) is 0 Å². The van der Waals surface area contributed by atoms with Gasteiger partial charge in [-0.05, 0) is 57.8 Å². The smallest absolute Gasteiger partial charge is 0.462 e. The molecular formula is C49H89NO8P+. The maximum absolute atomic E-state index is 12.7. The van der Waals surface area contributed by atoms with E-state index in [1.54, 1.807) is 0 Å². The molecule has 59 heavy (non-hydrogen) atoms. The first-order valence-corrected chi connectivity index (χ1v) is 25.0. The van der Waals surface area contributed by atoms with Gasteiger partial charge in [0.15, 0.2) is 6.10 Å². The number of carbonyl (C=O) groups is 2. The van der Waals surface area contributed by atoms with Crippen molar-refractivity contribution in [2.45, 2.75) is 193 Å². The lowest BCUT2D eigenvalue weighted by atomic mass is 10.0. The van der Waals surface area contributed by atoms with Gasteiger partial charge in [-0.1, -0.05) is 177 Å². The molecule has 0 heterocycles. The van der Waals surface area contributed by atoms with E-state index in [1.807, 2.05) is 21.1 Å². The first-order chi connectivity index (χ1) is 28.5. The number of phosphoric acid groups is 1. The van der Waals surface area contributed by atoms with Crippen LogP contribution in [-0.4, -0.2) is 74.9 Å². The van der Waals surface area contributed by atoms with Crippen molar-refractivity contribution >= 4 is 19.8 Å². The molecule has 0 saturated heterocycles. The van der Waals surface area contributed by atoms with Crippen LogP contribution in [0.2, 0.25) is 0 Å². The largest absolute Gasteiger partial charge is 0.472 e. The summed E-state index contributed by atoms with van der Waals surface area (Å²) < 4.78 is 34.2. The first-order valence-electron chi connectivity index (χ1n) is 23.5. The lowest BCUT2D eigenvalue weighted by Crippen LogP contribution is -2.37. The predicted octanol–water partition coefficient (Wildman–Crippen LogP) is 13.6. The van der Waals surface area contributed by atoms with Crippen molar-refractivity contribution < 1.29 is 42.1 Å². The zero-order valence-electron chi connectivity index (χ0n) is 38.5. The second-order valence-electron chi connectivity index (χ2n) is 16.8. The van der Waals surface area contributed by atoms with E-state index in [1.165, 1.54) is 83.5 Å². The Hall–Kier alpha value is -2.29. The van der Waals surface area contributed by atoms with Gasteiger partial charge in [-0.2, -0.15) is 0 Å². The third-order valence-electron chi connectivity index (χ3n) is 9.81. The standard InChI is InChI=1S/C49H88NO8P/c1-6-8-10-12-14-16-17-18-19-20-21-22-23-24-25-26-27-28-29-30-31-32-33-34-36-38-40-42-49(52)58-47(46-57-59(53,54)56-44-43-50(3,4)5)45-55-48(51)41-39-37-35-15-13-11-9-7-2/h8,10,14,16,18-19,21-22,24-25,47H,6-7,9,11-13,15,17,20,23,26-46H2,1-5H3/p+1/b10-8-,16-14-,19-18-,22-21-,25-24-. The molecule has 0 fully saturated rings. The maximum atomic E-state index is 12.7. The SMILES string of the molecule is CC/C=C\C/C=C\C/C=C\C/C=C\C/C=C\CCCCCCCCCCCCCC(=O)OC(COC(=O)CCCCCCCCCC)COP(=O)(O)OCC[N+](C)(C)C. The first kappa shape index (κ1) is 56.7. The molecule has 0 radical (unpaired) electrons. The fraction of sp³-hybridized carbons (Fsp3) is 0.755. The van der Waals surface area contributed by atoms with E-state index < -0.39 is 26.5 Å². The Bertz CT molecular complexity index is 1190. The van der Waals surface area contributed by atoms with E-state index >= 15 is 0 Å². The van der Waals surface area contributed by atoms with Crippen molar-refractivity contribution in [2.24, 2.45) is 0 Å². The van der Waals surface area contributed by atoms with Crippen molar-refractivity contribution in [3.05, 3.63) is 60.8 Å². The monoisotopic (exact) mass is 851 g/mol. The Balaban J connectivity index is 4.14. The topological polar surface area (TPSA) is 108 Å². The molecule has 342 valence electrons. The summed E-state index contributed by atoms with van der Waals surface area (Å²) in [5, 5.41) is 0. The van der Waals surface area contributed by atoms with Crippen molar-refractivity contribution in [2.75, 3.05) is 47.5 Å². The van der Waals surface area contributed by atoms with Crippen LogP contribution in [0.1, 0.15) is 187 Å². The summed E-state index contributed by atoms with van der Waals surface area (Å²) in [6.07, 6.45) is 50.0. The van der Waals surface area contributed by atoms with Gasteiger partial charge in [-0.3, -0.25) is 18.6 Å². The van der Waals surface area contributed by atoms with Gasteiger partial charge in [-0.25, -0.2) is 4.57 Å². The summed E-state index contributed by atoms with van der Waals surface area (Å²) in [4.78, 5) is 35.3. The van der Waals surface area contributed by atoms with Crippen molar-refractivity contribution in [3.63, 3.8) is 0 Å². The molecule has 10 heteroatoms. The molecule has 0 spiro atoms. The minimum Gasteiger partial charge on any atom is -0.462 e. The quantitative estimate of drug-likeness (QED) is 0.0213. The minimum atomic E-state index is -4.37. The normalized spacial score (nSPS) is 14.1. The maximum Gasteiger partial charge on any atom is 0.472 e. The zero-order valence-corrected chi connectivity index (χ0v) is 39.4. The van der Waals surface area contributed by atoms with Crippen LogP contribution in [0.3, 0.4) is 0 Å². The van der Waals surface area contributed by atoms with E-state index in [0.717, 1.165) is 70.6 Å². The van der Waals surface area contributed by atoms with Gasteiger partial charge >= 0.3 is 19.8 Å². The second-order valence-corrected chi connectivity index (χ2v) is 18.2. The van der Waals surface area contributed by atoms with E-state index in [-0.39, 0.29) is 32.0 Å². The number of esters is 2. The zero-order chi connectivity index (χ0) is 43.6. The summed E-state index contributed by atoms with van der Waals surface area (Å²) in [6.45, 7) is 4.27. The summed E-state index contributed by atoms with van der Waals surface area (Å²) in [6, 6.07) is 0. The minimum absolute atomic E-state index is 0.0301. The Morgan fingerprint density at radius 1 is 0.542 bits per heavy atom. The van der Waals surface area contributed by atoms with Gasteiger partial charge in [0.25, 0.3) is 0 Å². The highest BCUT2D eigenvalue weighted by Crippen LogP contribution is 2.43. The van der Waals surface area contributed by atoms with Crippen LogP contribution in [-0.2, 0) is 32.7 Å². The fourth-order valence-electron chi connectivity index (χ4n) is 6.16. The third-order valence-corrected chi connectivity index (χ3v) is 10.8. The highest BCUT2D eigenvalue weighted by atomic mass is 31.2. The van der Waals surface area contributed by atoms with Crippen LogP contribution in [0.5, 0.6) is 0 Å². The molecule has 0 aromatic carbocycles. The van der Waals surface area contributed by atoms with Gasteiger partial charge in [0, 0.05) is 12.8 Å². The molecule has 0 saturated carbocycles. The summed E-state index contributed by atoms with van der Waals surface area (Å²) in [7, 11) is 1.47. The van der Waals surface area contributed by atoms with Crippen LogP contribution in [0.15, 0.2) is 60.8 Å². The van der Waals surface area contributed by atoms with Crippen LogP contribution in [0, 0.1) is 0 Å². The number of hydrogen-bond acceptors (Lipinski definition) is 7. The van der Waals surface area contributed by atoms with Crippen molar-refractivity contribution in [1.82, 2.24) is 0 Å². The average Bonchev–Trinajstić information content (AvgIpc) is 3.19. The molecular weight excluding hydrogens is 762 g/mol. The van der Waals surface area contributed by atoms with Crippen LogP contribution in [0.25, 0.3) is 0 Å². The van der Waals surface area contributed by atoms with Gasteiger partial charge in [0.2, 0.25) is 0 Å². The molecule has 0 aliphatic rings. The summed E-state index contributed by atoms with van der Waals surface area (Å²) in [5.41, 5.74) is 0. The van der Waals surface area contributed by atoms with Gasteiger partial charge < -0.3 is 18.9 Å². The number of nitrogens with zero attached hydrogens (tertiary/aromatic N) is 1. The Morgan fingerprint density at radius 2 is 0.966 bits per heavy atom. The number of unbranched alkanes of at least 4 members (excludes halogenated alkanes) is 18. The van der Waals surface area contributed by atoms with Crippen molar-refractivity contribution in [1.29, 1.82) is 0 Å². The number of allylic oxidation sites excluding steroid dienone is 10. The summed E-state index contributed by atoms with van der Waals surface area (Å²) >= 11 is 0. The Morgan fingerprint density at radius 3 is 1.44 bits per heavy atom. The van der Waals surface area contributed by atoms with Crippen LogP contribution in [0.4, 0.5) is 0 Å². The molecule has 0 aromatic heterocycles. The fourth-order valence-corrected chi connectivity index (χ4v) is 6.90. The van der Waals surface area contributed by atoms with Crippen LogP contribution >= 0.6 is 7.82 Å². The van der Waals surface area contributed by atoms with E-state index in [4.69, 9.17) is 18.5 Å². The predicted molar refractivity (Wildman–Crippen MR) is 247 cm³/mol. The molecule has 2 atom stereocenters. The number of carbonyl (C=O) groups excluding carboxylic acids is 2. The molecule has 1 N–H and O–H groups in total. The molecule has 0 rings (SSSR count). The highest BCUT2D eigenvalue weighted by Gasteiger charge is 2.27. The third kappa shape index (κ3) is 45.1. The molecule has 9 nitrogen and oxygen atoms in total. The Kier molecular flexibility index (Phi) is 39.5. The van der Waals surface area contributed by atoms with E-state index in [2.05, 4.69) is 74.6 Å². The number of phosphoric ester groups is 1. The average molecular weight is 851 g/mol. The van der Waals surface area contributed by atoms with E-state index in [9.17, 15) is 19.0 Å².